The molecule has 27 heteroatoms. The first-order chi connectivity index (χ1) is 33.0. The average molecular weight is 1110 g/mol. The van der Waals surface area contributed by atoms with Gasteiger partial charge in [0.25, 0.3) is 0 Å². The molecule has 380 valence electrons. The number of rotatable bonds is 12. The molecule has 0 fully saturated rings. The van der Waals surface area contributed by atoms with E-state index >= 15 is 0 Å². The molecule has 2 aromatic heterocycles. The van der Waals surface area contributed by atoms with Crippen molar-refractivity contribution in [2.75, 3.05) is 36.0 Å². The molecule has 0 saturated carbocycles. The van der Waals surface area contributed by atoms with Gasteiger partial charge in [-0.15, -0.1) is 20.5 Å². The molecule has 16 nitrogen and oxygen atoms in total. The summed E-state index contributed by atoms with van der Waals surface area (Å²) in [6.07, 6.45) is 4.84. The van der Waals surface area contributed by atoms with Gasteiger partial charge < -0.3 is 19.2 Å². The summed E-state index contributed by atoms with van der Waals surface area (Å²) in [5, 5.41) is 16.6. The number of halogens is 6. The van der Waals surface area contributed by atoms with Crippen molar-refractivity contribution in [2.24, 2.45) is 20.5 Å². The molecule has 0 radical (unpaired) electrons. The fraction of sp³-hybridized carbons (Fsp3) is 0.364. The first kappa shape index (κ1) is 54.7. The second-order valence-electron chi connectivity index (χ2n) is 15.9. The molecule has 0 N–H and O–H groups in total. The summed E-state index contributed by atoms with van der Waals surface area (Å²) in [6.45, 7) is 9.32. The van der Waals surface area contributed by atoms with Crippen molar-refractivity contribution in [3.8, 4) is 0 Å². The predicted octanol–water partition coefficient (Wildman–Crippen LogP) is 13.9. The van der Waals surface area contributed by atoms with Crippen LogP contribution >= 0.6 is 22.7 Å². The number of hydrogen-bond donors (Lipinski definition) is 0. The molecule has 0 atom stereocenters. The van der Waals surface area contributed by atoms with Crippen molar-refractivity contribution in [1.29, 1.82) is 0 Å². The van der Waals surface area contributed by atoms with E-state index in [0.717, 1.165) is 59.5 Å². The van der Waals surface area contributed by atoms with Gasteiger partial charge in [-0.2, -0.15) is 26.3 Å². The number of hydrogen-bond acceptors (Lipinski definition) is 16. The number of azo groups is 2. The van der Waals surface area contributed by atoms with Gasteiger partial charge in [0.15, 0.2) is 31.6 Å². The molecule has 0 spiro atoms. The van der Waals surface area contributed by atoms with E-state index in [-0.39, 0.29) is 49.7 Å². The molecule has 0 aliphatic carbocycles. The van der Waals surface area contributed by atoms with E-state index in [1.165, 1.54) is 26.0 Å². The van der Waals surface area contributed by atoms with Gasteiger partial charge in [-0.05, 0) is 126 Å². The van der Waals surface area contributed by atoms with Crippen molar-refractivity contribution < 1.29 is 69.3 Å². The zero-order valence-electron chi connectivity index (χ0n) is 38.0. The van der Waals surface area contributed by atoms with Gasteiger partial charge >= 0.3 is 27.5 Å². The molecule has 0 saturated heterocycles. The minimum Gasteiger partial charge on any atom is -0.568 e. The largest absolute Gasteiger partial charge is 2.00 e. The second-order valence-corrected chi connectivity index (χ2v) is 21.1. The smallest absolute Gasteiger partial charge is 0.568 e. The number of alkyl halides is 6. The number of aryl methyl sites for hydroxylation is 2. The van der Waals surface area contributed by atoms with Crippen molar-refractivity contribution in [1.82, 2.24) is 9.97 Å². The van der Waals surface area contributed by atoms with Crippen molar-refractivity contribution in [3.63, 3.8) is 0 Å². The summed E-state index contributed by atoms with van der Waals surface area (Å²) in [6, 6.07) is 15.7. The quantitative estimate of drug-likeness (QED) is 0.0489. The standard InChI is InChI=1S/2C22H22F3N5O3S2.Ni/c2*1-3-30-9-5-4-6-15-10-17(18(12-19(15)30)29-35(32,33)22(23,24)25)27-28-21-26-16-8-7-14(13(2)31)11-20(16)34-21;/h2*7-8,10-12H,3-6,9H2,1-2H3,(H,26,28,29,31);/q;;+2/p-2. The van der Waals surface area contributed by atoms with Crippen LogP contribution in [0.15, 0.2) is 81.1 Å². The summed E-state index contributed by atoms with van der Waals surface area (Å²) in [4.78, 5) is 35.8. The van der Waals surface area contributed by atoms with Crippen LogP contribution in [0, 0.1) is 0 Å². The SMILES string of the molecule is CCN1CCCCc2cc(N=Nc3nc4ccc(C(C)=O)cc4s3)c([N-]S(=O)(=O)C(F)(F)F)cc21.CCN1CCCCc2cc(N=Nc3nc4ccc(C(C)=O)cc4s3)c([N-]S(=O)(=O)C(F)(F)F)cc21.[Ni+2]. The van der Waals surface area contributed by atoms with Crippen LogP contribution in [-0.4, -0.2) is 75.6 Å². The molecule has 4 aromatic carbocycles. The summed E-state index contributed by atoms with van der Waals surface area (Å²) in [5.41, 5.74) is -7.05. The Kier molecular flexibility index (Phi) is 17.0. The molecular formula is C44H42F6N10NiO6S4. The molecule has 0 amide bonds. The number of benzene rings is 4. The van der Waals surface area contributed by atoms with E-state index in [1.54, 1.807) is 48.5 Å². The predicted molar refractivity (Wildman–Crippen MR) is 258 cm³/mol. The van der Waals surface area contributed by atoms with Crippen LogP contribution in [0.5, 0.6) is 0 Å². The number of carbonyl (C=O) groups is 2. The summed E-state index contributed by atoms with van der Waals surface area (Å²) >= 11 is 2.29. The molecule has 4 heterocycles. The zero-order chi connectivity index (χ0) is 50.8. The summed E-state index contributed by atoms with van der Waals surface area (Å²) in [7, 11) is -11.6. The Morgan fingerprint density at radius 1 is 0.606 bits per heavy atom. The molecule has 71 heavy (non-hydrogen) atoms. The maximum absolute atomic E-state index is 13.1. The Labute approximate surface area is 422 Å². The number of fused-ring (bicyclic) bond motifs is 4. The molecule has 6 aromatic rings. The van der Waals surface area contributed by atoms with E-state index in [1.807, 2.05) is 23.6 Å². The van der Waals surface area contributed by atoms with Gasteiger partial charge in [0.1, 0.15) is 0 Å². The fourth-order valence-corrected chi connectivity index (χ4v) is 10.2. The monoisotopic (exact) mass is 1110 g/mol. The third-order valence-electron chi connectivity index (χ3n) is 11.1. The van der Waals surface area contributed by atoms with E-state index in [0.29, 0.717) is 82.0 Å². The van der Waals surface area contributed by atoms with Crippen molar-refractivity contribution in [3.05, 3.63) is 92.4 Å². The topological polar surface area (TPSA) is 212 Å². The molecular weight excluding hydrogens is 1070 g/mol. The van der Waals surface area contributed by atoms with Crippen LogP contribution in [0.4, 0.5) is 70.7 Å². The Bertz CT molecular complexity index is 3060. The normalized spacial score (nSPS) is 14.6. The van der Waals surface area contributed by atoms with Gasteiger partial charge in [0.2, 0.25) is 10.3 Å². The van der Waals surface area contributed by atoms with Crippen LogP contribution in [0.25, 0.3) is 29.9 Å². The van der Waals surface area contributed by atoms with Crippen molar-refractivity contribution >= 4 is 119 Å². The number of Topliss-reactive ketones (excluding diaryl/α,β-unsaturated/α-hetero) is 2. The third-order valence-corrected chi connectivity index (χ3v) is 15.0. The minimum atomic E-state index is -5.79. The number of anilines is 2. The van der Waals surface area contributed by atoms with E-state index < -0.39 is 42.4 Å². The Morgan fingerprint density at radius 2 is 0.986 bits per heavy atom. The average Bonchev–Trinajstić information content (AvgIpc) is 3.77. The molecule has 2 aliphatic heterocycles. The molecule has 2 aliphatic rings. The number of thiazole rings is 2. The summed E-state index contributed by atoms with van der Waals surface area (Å²) in [5.74, 6) is -0.210. The van der Waals surface area contributed by atoms with E-state index in [4.69, 9.17) is 0 Å². The molecule has 8 rings (SSSR count). The molecule has 0 unspecified atom stereocenters. The Morgan fingerprint density at radius 3 is 1.32 bits per heavy atom. The van der Waals surface area contributed by atoms with Gasteiger partial charge in [-0.1, -0.05) is 46.2 Å². The maximum Gasteiger partial charge on any atom is 2.00 e. The van der Waals surface area contributed by atoms with Gasteiger partial charge in [-0.3, -0.25) is 9.59 Å². The minimum absolute atomic E-state index is 0. The Balaban J connectivity index is 0.000000229. The fourth-order valence-electron chi connectivity index (χ4n) is 7.55. The van der Waals surface area contributed by atoms with Crippen LogP contribution < -0.4 is 9.80 Å². The van der Waals surface area contributed by atoms with Crippen LogP contribution in [0.2, 0.25) is 0 Å². The molecule has 0 bridgehead atoms. The van der Waals surface area contributed by atoms with Gasteiger partial charge in [0.05, 0.1) is 31.8 Å². The van der Waals surface area contributed by atoms with Crippen LogP contribution in [-0.2, 0) is 49.4 Å². The number of ketones is 2. The number of nitrogens with zero attached hydrogens (tertiary/aromatic N) is 10. The van der Waals surface area contributed by atoms with Gasteiger partial charge in [0, 0.05) is 48.7 Å². The maximum atomic E-state index is 13.1. The third kappa shape index (κ3) is 12.7. The van der Waals surface area contributed by atoms with E-state index in [2.05, 4.69) is 39.9 Å². The Hall–Kier alpha value is -5.63. The van der Waals surface area contributed by atoms with Crippen LogP contribution in [0.1, 0.15) is 85.2 Å². The zero-order valence-corrected chi connectivity index (χ0v) is 42.2. The number of aromatic nitrogens is 2. The summed E-state index contributed by atoms with van der Waals surface area (Å²) < 4.78 is 133. The number of sulfonamides is 2. The van der Waals surface area contributed by atoms with Gasteiger partial charge in [-0.25, -0.2) is 26.8 Å². The number of carbonyl (C=O) groups excluding carboxylic acids is 2. The van der Waals surface area contributed by atoms with Crippen molar-refractivity contribution in [2.45, 2.75) is 77.2 Å². The second kappa shape index (κ2) is 22.0. The first-order valence-electron chi connectivity index (χ1n) is 21.6. The van der Waals surface area contributed by atoms with Crippen LogP contribution in [0.3, 0.4) is 0 Å². The first-order valence-corrected chi connectivity index (χ1v) is 26.1. The van der Waals surface area contributed by atoms with E-state index in [9.17, 15) is 52.8 Å².